The van der Waals surface area contributed by atoms with E-state index >= 15 is 0 Å². The molecule has 1 unspecified atom stereocenters. The molecule has 1 aromatic carbocycles. The number of hydrogen-bond acceptors (Lipinski definition) is 2. The smallest absolute Gasteiger partial charge is 0.151 e. The van der Waals surface area contributed by atoms with Gasteiger partial charge in [0, 0.05) is 24.0 Å². The van der Waals surface area contributed by atoms with Gasteiger partial charge in [0.25, 0.3) is 0 Å². The molecule has 0 radical (unpaired) electrons. The monoisotopic (exact) mass is 325 g/mol. The summed E-state index contributed by atoms with van der Waals surface area (Å²) in [6.45, 7) is 4.95. The minimum absolute atomic E-state index is 0.223. The first-order chi connectivity index (χ1) is 10.1. The van der Waals surface area contributed by atoms with Gasteiger partial charge in [-0.2, -0.15) is 0 Å². The van der Waals surface area contributed by atoms with Crippen molar-refractivity contribution < 1.29 is 0 Å². The first-order valence-electron chi connectivity index (χ1n) is 7.32. The molecule has 3 nitrogen and oxygen atoms in total. The van der Waals surface area contributed by atoms with Crippen LogP contribution in [0.2, 0.25) is 10.2 Å². The Morgan fingerprint density at radius 1 is 1.24 bits per heavy atom. The van der Waals surface area contributed by atoms with Crippen LogP contribution in [0.25, 0.3) is 0 Å². The van der Waals surface area contributed by atoms with Gasteiger partial charge < -0.3 is 10.3 Å². The number of H-pyrrole nitrogens is 1. The second kappa shape index (κ2) is 7.83. The Labute approximate surface area is 136 Å². The van der Waals surface area contributed by atoms with Gasteiger partial charge in [-0.1, -0.05) is 48.7 Å². The van der Waals surface area contributed by atoms with Crippen LogP contribution in [0.3, 0.4) is 0 Å². The highest BCUT2D eigenvalue weighted by Crippen LogP contribution is 2.18. The Kier molecular flexibility index (Phi) is 6.09. The first-order valence-corrected chi connectivity index (χ1v) is 8.07. The van der Waals surface area contributed by atoms with Crippen molar-refractivity contribution in [2.24, 2.45) is 0 Å². The Morgan fingerprint density at radius 3 is 2.62 bits per heavy atom. The van der Waals surface area contributed by atoms with Crippen LogP contribution in [-0.4, -0.2) is 9.97 Å². The van der Waals surface area contributed by atoms with E-state index in [-0.39, 0.29) is 6.04 Å². The fraction of sp³-hybridized carbons (Fsp3) is 0.438. The number of halogens is 2. The van der Waals surface area contributed by atoms with Gasteiger partial charge >= 0.3 is 0 Å². The highest BCUT2D eigenvalue weighted by atomic mass is 35.5. The molecule has 0 bridgehead atoms. The van der Waals surface area contributed by atoms with Crippen molar-refractivity contribution in [2.45, 2.75) is 45.7 Å². The van der Waals surface area contributed by atoms with Crippen LogP contribution in [0.4, 0.5) is 0 Å². The van der Waals surface area contributed by atoms with Crippen molar-refractivity contribution in [3.8, 4) is 0 Å². The molecule has 2 aromatic rings. The number of rotatable bonds is 7. The number of imidazole rings is 1. The number of nitrogens with one attached hydrogen (secondary N) is 2. The average Bonchev–Trinajstić information content (AvgIpc) is 2.83. The van der Waals surface area contributed by atoms with Gasteiger partial charge in [-0.25, -0.2) is 4.98 Å². The quantitative estimate of drug-likeness (QED) is 0.759. The maximum atomic E-state index is 6.17. The third kappa shape index (κ3) is 4.73. The number of aryl methyl sites for hydroxylation is 1. The zero-order valence-electron chi connectivity index (χ0n) is 12.4. The third-order valence-corrected chi connectivity index (χ3v) is 4.06. The molecular formula is C16H21Cl2N3. The van der Waals surface area contributed by atoms with Crippen molar-refractivity contribution in [1.82, 2.24) is 15.3 Å². The van der Waals surface area contributed by atoms with E-state index in [4.69, 9.17) is 23.2 Å². The lowest BCUT2D eigenvalue weighted by Gasteiger charge is -2.13. The Bertz CT molecular complexity index is 563. The van der Waals surface area contributed by atoms with Crippen LogP contribution in [0, 0.1) is 0 Å². The van der Waals surface area contributed by atoms with Gasteiger partial charge in [0.15, 0.2) is 5.15 Å². The zero-order chi connectivity index (χ0) is 15.2. The molecule has 0 saturated carbocycles. The second-order valence-electron chi connectivity index (χ2n) is 5.21. The summed E-state index contributed by atoms with van der Waals surface area (Å²) in [6, 6.07) is 8.09. The predicted octanol–water partition coefficient (Wildman–Crippen LogP) is 4.91. The molecule has 0 aliphatic carbocycles. The first kappa shape index (κ1) is 16.3. The molecule has 1 heterocycles. The van der Waals surface area contributed by atoms with Gasteiger partial charge in [-0.3, -0.25) is 0 Å². The molecule has 5 heteroatoms. The van der Waals surface area contributed by atoms with E-state index in [1.165, 1.54) is 5.56 Å². The summed E-state index contributed by atoms with van der Waals surface area (Å²) >= 11 is 12.1. The molecule has 1 aromatic heterocycles. The molecule has 2 N–H and O–H groups in total. The lowest BCUT2D eigenvalue weighted by Crippen LogP contribution is -2.18. The Balaban J connectivity index is 1.93. The summed E-state index contributed by atoms with van der Waals surface area (Å²) in [4.78, 5) is 7.67. The fourth-order valence-electron chi connectivity index (χ4n) is 2.14. The fourth-order valence-corrected chi connectivity index (χ4v) is 2.49. The summed E-state index contributed by atoms with van der Waals surface area (Å²) in [7, 11) is 0. The molecule has 21 heavy (non-hydrogen) atoms. The molecule has 0 aliphatic rings. The maximum Gasteiger partial charge on any atom is 0.151 e. The van der Waals surface area contributed by atoms with Crippen molar-refractivity contribution in [2.75, 3.05) is 0 Å². The largest absolute Gasteiger partial charge is 0.344 e. The number of aromatic amines is 1. The molecule has 0 spiro atoms. The van der Waals surface area contributed by atoms with E-state index in [2.05, 4.69) is 29.1 Å². The lowest BCUT2D eigenvalue weighted by molar-refractivity contribution is 0.568. The summed E-state index contributed by atoms with van der Waals surface area (Å²) in [5.74, 6) is 0.970. The summed E-state index contributed by atoms with van der Waals surface area (Å²) in [6.07, 6.45) is 3.22. The van der Waals surface area contributed by atoms with Crippen LogP contribution in [0.1, 0.15) is 49.8 Å². The van der Waals surface area contributed by atoms with Crippen molar-refractivity contribution >= 4 is 23.2 Å². The van der Waals surface area contributed by atoms with E-state index < -0.39 is 0 Å². The van der Waals surface area contributed by atoms with Crippen LogP contribution in [-0.2, 0) is 13.0 Å². The second-order valence-corrected chi connectivity index (χ2v) is 6.01. The highest BCUT2D eigenvalue weighted by molar-refractivity contribution is 6.30. The van der Waals surface area contributed by atoms with Crippen LogP contribution in [0.5, 0.6) is 0 Å². The lowest BCUT2D eigenvalue weighted by atomic mass is 10.1. The van der Waals surface area contributed by atoms with Crippen molar-refractivity contribution in [3.05, 3.63) is 51.5 Å². The molecule has 2 rings (SSSR count). The maximum absolute atomic E-state index is 6.17. The Hall–Kier alpha value is -1.03. The van der Waals surface area contributed by atoms with Crippen LogP contribution >= 0.6 is 23.2 Å². The summed E-state index contributed by atoms with van der Waals surface area (Å²) < 4.78 is 0. The summed E-state index contributed by atoms with van der Waals surface area (Å²) in [5.41, 5.74) is 2.14. The van der Waals surface area contributed by atoms with E-state index in [0.29, 0.717) is 11.7 Å². The number of nitrogens with zero attached hydrogens (tertiary/aromatic N) is 1. The van der Waals surface area contributed by atoms with Crippen molar-refractivity contribution in [1.29, 1.82) is 0 Å². The minimum Gasteiger partial charge on any atom is -0.344 e. The standard InChI is InChI=1S/C16H21Cl2N3/c1-3-4-5-15-20-14(16(18)21-15)10-19-11(2)12-6-8-13(17)9-7-12/h6-9,11,19H,3-5,10H2,1-2H3,(H,20,21). The molecule has 0 aliphatic heterocycles. The SMILES string of the molecule is CCCCc1nc(Cl)c(CNC(C)c2ccc(Cl)cc2)[nH]1. The van der Waals surface area contributed by atoms with E-state index in [1.54, 1.807) is 0 Å². The minimum atomic E-state index is 0.223. The predicted molar refractivity (Wildman–Crippen MR) is 88.9 cm³/mol. The topological polar surface area (TPSA) is 40.7 Å². The van der Waals surface area contributed by atoms with E-state index in [9.17, 15) is 0 Å². The molecule has 1 atom stereocenters. The van der Waals surface area contributed by atoms with Gasteiger partial charge in [0.05, 0.1) is 5.69 Å². The normalized spacial score (nSPS) is 12.6. The number of benzene rings is 1. The van der Waals surface area contributed by atoms with Gasteiger partial charge in [0.2, 0.25) is 0 Å². The van der Waals surface area contributed by atoms with Crippen LogP contribution in [0.15, 0.2) is 24.3 Å². The molecule has 0 amide bonds. The van der Waals surface area contributed by atoms with E-state index in [1.807, 2.05) is 24.3 Å². The van der Waals surface area contributed by atoms with Crippen LogP contribution < -0.4 is 5.32 Å². The van der Waals surface area contributed by atoms with Gasteiger partial charge in [0.1, 0.15) is 5.82 Å². The number of hydrogen-bond donors (Lipinski definition) is 2. The van der Waals surface area contributed by atoms with Gasteiger partial charge in [-0.15, -0.1) is 0 Å². The Morgan fingerprint density at radius 2 is 1.95 bits per heavy atom. The molecule has 0 fully saturated rings. The summed E-state index contributed by atoms with van der Waals surface area (Å²) in [5, 5.41) is 4.77. The molecular weight excluding hydrogens is 305 g/mol. The third-order valence-electron chi connectivity index (χ3n) is 3.50. The van der Waals surface area contributed by atoms with Gasteiger partial charge in [-0.05, 0) is 31.0 Å². The molecule has 0 saturated heterocycles. The number of aromatic nitrogens is 2. The van der Waals surface area contributed by atoms with E-state index in [0.717, 1.165) is 35.8 Å². The molecule has 114 valence electrons. The number of unbranched alkanes of at least 4 members (excludes halogenated alkanes) is 1. The average molecular weight is 326 g/mol. The zero-order valence-corrected chi connectivity index (χ0v) is 13.9. The highest BCUT2D eigenvalue weighted by Gasteiger charge is 2.10. The van der Waals surface area contributed by atoms with Crippen molar-refractivity contribution in [3.63, 3.8) is 0 Å².